The molecule has 124 valence electrons. The van der Waals surface area contributed by atoms with E-state index in [0.29, 0.717) is 5.02 Å². The lowest BCUT2D eigenvalue weighted by Gasteiger charge is -2.22. The molecular formula is C13H9BrCl2F3N3O. The number of aromatic nitrogens is 2. The average molecular weight is 431 g/mol. The van der Waals surface area contributed by atoms with Crippen LogP contribution in [-0.4, -0.2) is 22.8 Å². The zero-order valence-corrected chi connectivity index (χ0v) is 14.3. The molecule has 0 saturated heterocycles. The summed E-state index contributed by atoms with van der Waals surface area (Å²) >= 11 is 14.5. The molecule has 4 nitrogen and oxygen atoms in total. The van der Waals surface area contributed by atoms with Crippen molar-refractivity contribution in [3.05, 3.63) is 44.5 Å². The van der Waals surface area contributed by atoms with Gasteiger partial charge < -0.3 is 10.5 Å². The van der Waals surface area contributed by atoms with E-state index in [1.54, 1.807) is 0 Å². The van der Waals surface area contributed by atoms with Gasteiger partial charge in [0, 0.05) is 15.6 Å². The lowest BCUT2D eigenvalue weighted by Crippen LogP contribution is -2.27. The molecule has 1 unspecified atom stereocenters. The van der Waals surface area contributed by atoms with E-state index in [1.807, 2.05) is 0 Å². The highest BCUT2D eigenvalue weighted by Gasteiger charge is 2.42. The number of anilines is 1. The molecule has 0 aliphatic rings. The van der Waals surface area contributed by atoms with Gasteiger partial charge in [-0.2, -0.15) is 18.2 Å². The first-order valence-corrected chi connectivity index (χ1v) is 7.66. The van der Waals surface area contributed by atoms with Crippen molar-refractivity contribution in [1.82, 2.24) is 9.97 Å². The summed E-state index contributed by atoms with van der Waals surface area (Å²) in [4.78, 5) is 7.28. The second kappa shape index (κ2) is 7.11. The molecule has 10 heteroatoms. The Balaban J connectivity index is 2.26. The lowest BCUT2D eigenvalue weighted by atomic mass is 9.99. The summed E-state index contributed by atoms with van der Waals surface area (Å²) in [6.07, 6.45) is -4.53. The highest BCUT2D eigenvalue weighted by Crippen LogP contribution is 2.39. The zero-order valence-electron chi connectivity index (χ0n) is 11.2. The number of nitrogens with two attached hydrogens (primary N) is 1. The van der Waals surface area contributed by atoms with Gasteiger partial charge in [-0.15, -0.1) is 0 Å². The summed E-state index contributed by atoms with van der Waals surface area (Å²) in [5, 5.41) is 0.293. The van der Waals surface area contributed by atoms with Crippen LogP contribution in [0.25, 0.3) is 0 Å². The predicted molar refractivity (Wildman–Crippen MR) is 84.9 cm³/mol. The second-order valence-electron chi connectivity index (χ2n) is 4.46. The van der Waals surface area contributed by atoms with Gasteiger partial charge >= 0.3 is 6.18 Å². The second-order valence-corrected chi connectivity index (χ2v) is 6.14. The number of benzene rings is 1. The highest BCUT2D eigenvalue weighted by molar-refractivity contribution is 9.10. The lowest BCUT2D eigenvalue weighted by molar-refractivity contribution is -0.156. The summed E-state index contributed by atoms with van der Waals surface area (Å²) in [7, 11) is 0. The number of nitrogens with zero attached hydrogens (tertiary/aromatic N) is 2. The quantitative estimate of drug-likeness (QED) is 0.704. The Morgan fingerprint density at radius 1 is 1.22 bits per heavy atom. The van der Waals surface area contributed by atoms with Crippen LogP contribution < -0.4 is 10.5 Å². The van der Waals surface area contributed by atoms with E-state index in [-0.39, 0.29) is 27.0 Å². The molecule has 2 aromatic rings. The highest BCUT2D eigenvalue weighted by atomic mass is 79.9. The SMILES string of the molecule is Nc1nc(Cl)cc(OCC(c2ccc(Cl)cc2Br)C(F)(F)F)n1. The summed E-state index contributed by atoms with van der Waals surface area (Å²) in [6.45, 7) is -0.698. The largest absolute Gasteiger partial charge is 0.476 e. The van der Waals surface area contributed by atoms with Gasteiger partial charge in [0.05, 0.1) is 0 Å². The number of alkyl halides is 3. The van der Waals surface area contributed by atoms with E-state index in [9.17, 15) is 13.2 Å². The molecule has 1 aromatic carbocycles. The Morgan fingerprint density at radius 2 is 1.91 bits per heavy atom. The summed E-state index contributed by atoms with van der Waals surface area (Å²) in [5.74, 6) is -2.21. The van der Waals surface area contributed by atoms with Crippen molar-refractivity contribution in [3.8, 4) is 5.88 Å². The molecule has 2 N–H and O–H groups in total. The number of ether oxygens (including phenoxy) is 1. The first kappa shape index (κ1) is 18.1. The van der Waals surface area contributed by atoms with Gasteiger partial charge in [0.15, 0.2) is 0 Å². The minimum atomic E-state index is -4.53. The molecule has 0 radical (unpaired) electrons. The first-order valence-electron chi connectivity index (χ1n) is 6.11. The van der Waals surface area contributed by atoms with Crippen molar-refractivity contribution in [2.24, 2.45) is 0 Å². The van der Waals surface area contributed by atoms with Gasteiger partial charge in [-0.25, -0.2) is 4.98 Å². The molecular weight excluding hydrogens is 422 g/mol. The number of hydrogen-bond acceptors (Lipinski definition) is 4. The smallest absolute Gasteiger partial charge is 0.399 e. The van der Waals surface area contributed by atoms with Crippen molar-refractivity contribution in [3.63, 3.8) is 0 Å². The third-order valence-electron chi connectivity index (χ3n) is 2.82. The van der Waals surface area contributed by atoms with Crippen molar-refractivity contribution in [1.29, 1.82) is 0 Å². The van der Waals surface area contributed by atoms with E-state index in [2.05, 4.69) is 25.9 Å². The van der Waals surface area contributed by atoms with Crippen molar-refractivity contribution in [2.45, 2.75) is 12.1 Å². The van der Waals surface area contributed by atoms with Crippen LogP contribution in [0.4, 0.5) is 19.1 Å². The first-order chi connectivity index (χ1) is 10.7. The summed E-state index contributed by atoms with van der Waals surface area (Å²) in [6, 6.07) is 5.23. The van der Waals surface area contributed by atoms with Crippen LogP contribution in [-0.2, 0) is 0 Å². The van der Waals surface area contributed by atoms with Crippen molar-refractivity contribution in [2.75, 3.05) is 12.3 Å². The fourth-order valence-electron chi connectivity index (χ4n) is 1.80. The molecule has 23 heavy (non-hydrogen) atoms. The van der Waals surface area contributed by atoms with Gasteiger partial charge in [-0.3, -0.25) is 0 Å². The van der Waals surface area contributed by atoms with Crippen LogP contribution >= 0.6 is 39.1 Å². The van der Waals surface area contributed by atoms with Crippen LogP contribution in [0.1, 0.15) is 11.5 Å². The standard InChI is InChI=1S/C13H9BrCl2F3N3O/c14-9-3-6(15)1-2-7(9)8(13(17,18)19)5-23-11-4-10(16)21-12(20)22-11/h1-4,8H,5H2,(H2,20,21,22). The summed E-state index contributed by atoms with van der Waals surface area (Å²) < 4.78 is 45.3. The topological polar surface area (TPSA) is 61.0 Å². The third kappa shape index (κ3) is 4.86. The molecule has 0 fully saturated rings. The van der Waals surface area contributed by atoms with Gasteiger partial charge in [-0.1, -0.05) is 45.2 Å². The Bertz CT molecular complexity index is 695. The summed E-state index contributed by atoms with van der Waals surface area (Å²) in [5.41, 5.74) is 5.37. The molecule has 0 bridgehead atoms. The third-order valence-corrected chi connectivity index (χ3v) is 3.94. The van der Waals surface area contributed by atoms with Crippen molar-refractivity contribution < 1.29 is 17.9 Å². The van der Waals surface area contributed by atoms with Crippen LogP contribution in [0.3, 0.4) is 0 Å². The van der Waals surface area contributed by atoms with Crippen LogP contribution in [0, 0.1) is 0 Å². The number of hydrogen-bond donors (Lipinski definition) is 1. The molecule has 0 saturated carbocycles. The number of nitrogen functional groups attached to an aromatic ring is 1. The maximum atomic E-state index is 13.3. The Morgan fingerprint density at radius 3 is 2.48 bits per heavy atom. The molecule has 0 aliphatic carbocycles. The van der Waals surface area contributed by atoms with Crippen LogP contribution in [0.15, 0.2) is 28.7 Å². The van der Waals surface area contributed by atoms with Crippen LogP contribution in [0.5, 0.6) is 5.88 Å². The Kier molecular flexibility index (Phi) is 5.59. The Hall–Kier alpha value is -1.25. The number of halogens is 6. The Labute approximate surface area is 147 Å². The normalized spacial score (nSPS) is 13.0. The maximum absolute atomic E-state index is 13.3. The monoisotopic (exact) mass is 429 g/mol. The fraction of sp³-hybridized carbons (Fsp3) is 0.231. The number of rotatable bonds is 4. The maximum Gasteiger partial charge on any atom is 0.399 e. The molecule has 0 spiro atoms. The molecule has 1 heterocycles. The molecule has 0 aliphatic heterocycles. The molecule has 0 amide bonds. The molecule has 2 rings (SSSR count). The van der Waals surface area contributed by atoms with E-state index >= 15 is 0 Å². The molecule has 1 aromatic heterocycles. The van der Waals surface area contributed by atoms with Gasteiger partial charge in [0.25, 0.3) is 0 Å². The van der Waals surface area contributed by atoms with Gasteiger partial charge in [0.2, 0.25) is 11.8 Å². The van der Waals surface area contributed by atoms with E-state index in [1.165, 1.54) is 24.3 Å². The van der Waals surface area contributed by atoms with E-state index in [4.69, 9.17) is 33.7 Å². The average Bonchev–Trinajstić information content (AvgIpc) is 2.38. The van der Waals surface area contributed by atoms with Crippen LogP contribution in [0.2, 0.25) is 10.2 Å². The minimum absolute atomic E-state index is 0.00461. The predicted octanol–water partition coefficient (Wildman–Crippen LogP) is 4.85. The van der Waals surface area contributed by atoms with E-state index < -0.39 is 18.7 Å². The molecule has 1 atom stereocenters. The van der Waals surface area contributed by atoms with Gasteiger partial charge in [-0.05, 0) is 17.7 Å². The fourth-order valence-corrected chi connectivity index (χ4v) is 2.94. The van der Waals surface area contributed by atoms with E-state index in [0.717, 1.165) is 0 Å². The van der Waals surface area contributed by atoms with Crippen molar-refractivity contribution >= 4 is 45.1 Å². The van der Waals surface area contributed by atoms with Gasteiger partial charge in [0.1, 0.15) is 17.7 Å². The zero-order chi connectivity index (χ0) is 17.2. The minimum Gasteiger partial charge on any atom is -0.476 e.